The summed E-state index contributed by atoms with van der Waals surface area (Å²) >= 11 is 20.1. The van der Waals surface area contributed by atoms with Crippen LogP contribution in [0.5, 0.6) is 17.4 Å². The Bertz CT molecular complexity index is 5140. The van der Waals surface area contributed by atoms with Gasteiger partial charge in [0.1, 0.15) is 56.8 Å². The quantitative estimate of drug-likeness (QED) is 0.0670. The Morgan fingerprint density at radius 2 is 1.15 bits per heavy atom. The Balaban J connectivity index is 0.000000138. The fourth-order valence-electron chi connectivity index (χ4n) is 12.9. The van der Waals surface area contributed by atoms with Gasteiger partial charge in [0.25, 0.3) is 5.95 Å². The van der Waals surface area contributed by atoms with E-state index >= 15 is 0 Å². The van der Waals surface area contributed by atoms with Gasteiger partial charge in [0.05, 0.1) is 48.5 Å². The van der Waals surface area contributed by atoms with Crippen molar-refractivity contribution in [3.63, 3.8) is 0 Å². The SMILES string of the molecule is CCOc1cc[n+](C)c(-c2cc3c(cc2C)C(=O)C=CC3=O)c1.CCOc1ccc(-c2cc3c(cc2C)CCCC3)[n+](C)c1.COc1cc(-c2c(Cl)cc(Cl)c[n+]2C)c(C)o1.Cc1cc(-c2ccccc2)ccc1-c1cccc[n+]1C.Cc1sc2ccccc2c1-c1c(Cl)c([N+](=O)[O-])cc[n+]1C. The van der Waals surface area contributed by atoms with Crippen LogP contribution in [0.15, 0.2) is 205 Å². The second kappa shape index (κ2) is 33.5. The minimum absolute atomic E-state index is 0.0700. The summed E-state index contributed by atoms with van der Waals surface area (Å²) in [7, 11) is 11.4. The van der Waals surface area contributed by atoms with E-state index in [0.29, 0.717) is 46.0 Å². The number of ether oxygens (including phenoxy) is 3. The first-order valence-corrected chi connectivity index (χ1v) is 35.6. The van der Waals surface area contributed by atoms with Crippen LogP contribution in [0.1, 0.15) is 85.9 Å². The topological polar surface area (TPSA) is 138 Å². The number of thiophene rings is 1. The van der Waals surface area contributed by atoms with Crippen molar-refractivity contribution in [2.45, 2.75) is 74.1 Å². The lowest BCUT2D eigenvalue weighted by Crippen LogP contribution is -2.31. The lowest BCUT2D eigenvalue weighted by Gasteiger charge is -2.18. The van der Waals surface area contributed by atoms with E-state index in [1.54, 1.807) is 54.6 Å². The molecule has 7 aromatic heterocycles. The maximum atomic E-state index is 12.1. The van der Waals surface area contributed by atoms with Crippen molar-refractivity contribution >= 4 is 73.5 Å². The second-order valence-corrected chi connectivity index (χ2v) is 27.5. The third-order valence-corrected chi connectivity index (χ3v) is 19.9. The predicted molar refractivity (Wildman–Crippen MR) is 407 cm³/mol. The van der Waals surface area contributed by atoms with Gasteiger partial charge in [-0.05, 0) is 174 Å². The van der Waals surface area contributed by atoms with E-state index in [1.807, 2.05) is 118 Å². The average molecular weight is 1440 g/mol. The smallest absolute Gasteiger partial charge is 0.300 e. The first-order chi connectivity index (χ1) is 49.0. The molecule has 0 atom stereocenters. The molecular formula is C84H84Cl3N6O8S+5. The van der Waals surface area contributed by atoms with Crippen LogP contribution in [-0.2, 0) is 48.1 Å². The number of hydrogen-bond donors (Lipinski definition) is 0. The van der Waals surface area contributed by atoms with Gasteiger partial charge in [-0.3, -0.25) is 19.7 Å². The Morgan fingerprint density at radius 1 is 0.529 bits per heavy atom. The van der Waals surface area contributed by atoms with Crippen molar-refractivity contribution in [1.29, 1.82) is 0 Å². The number of nitro groups is 1. The molecule has 0 saturated carbocycles. The molecule has 102 heavy (non-hydrogen) atoms. The summed E-state index contributed by atoms with van der Waals surface area (Å²) in [4.78, 5) is 35.8. The first kappa shape index (κ1) is 74.5. The number of benzene rings is 5. The number of fused-ring (bicyclic) bond motifs is 3. The lowest BCUT2D eigenvalue weighted by atomic mass is 9.87. The summed E-state index contributed by atoms with van der Waals surface area (Å²) in [6.45, 7) is 15.5. The molecule has 2 aliphatic rings. The normalized spacial score (nSPS) is 11.9. The number of pyridine rings is 5. The average Bonchev–Trinajstić information content (AvgIpc) is 1.50. The van der Waals surface area contributed by atoms with Gasteiger partial charge < -0.3 is 18.6 Å². The number of halogens is 3. The summed E-state index contributed by atoms with van der Waals surface area (Å²) in [5.74, 6) is 2.66. The number of ketones is 2. The zero-order valence-corrected chi connectivity index (χ0v) is 62.9. The predicted octanol–water partition coefficient (Wildman–Crippen LogP) is 18.4. The highest BCUT2D eigenvalue weighted by atomic mass is 35.5. The molecular weight excluding hydrogens is 1360 g/mol. The van der Waals surface area contributed by atoms with Gasteiger partial charge in [0, 0.05) is 73.1 Å². The number of hydrogen-bond acceptors (Lipinski definition) is 9. The van der Waals surface area contributed by atoms with Gasteiger partial charge in [-0.15, -0.1) is 11.3 Å². The van der Waals surface area contributed by atoms with Crippen LogP contribution in [0, 0.1) is 44.7 Å². The van der Waals surface area contributed by atoms with Gasteiger partial charge in [-0.25, -0.2) is 9.13 Å². The van der Waals surface area contributed by atoms with Gasteiger partial charge in [0.15, 0.2) is 47.1 Å². The number of rotatable bonds is 12. The Morgan fingerprint density at radius 3 is 1.80 bits per heavy atom. The zero-order chi connectivity index (χ0) is 73.1. The second-order valence-electron chi connectivity index (χ2n) is 25.1. The number of methoxy groups -OCH3 is 1. The van der Waals surface area contributed by atoms with Crippen LogP contribution in [-0.4, -0.2) is 36.8 Å². The van der Waals surface area contributed by atoms with Crippen LogP contribution in [0.3, 0.4) is 0 Å². The maximum absolute atomic E-state index is 12.1. The molecule has 520 valence electrons. The molecule has 0 amide bonds. The van der Waals surface area contributed by atoms with E-state index in [1.165, 1.54) is 94.2 Å². The zero-order valence-electron chi connectivity index (χ0n) is 59.8. The third kappa shape index (κ3) is 17.1. The van der Waals surface area contributed by atoms with E-state index < -0.39 is 4.92 Å². The Kier molecular flexibility index (Phi) is 24.5. The van der Waals surface area contributed by atoms with Gasteiger partial charge in [-0.2, -0.15) is 13.7 Å². The highest BCUT2D eigenvalue weighted by molar-refractivity contribution is 7.19. The van der Waals surface area contributed by atoms with Crippen LogP contribution < -0.4 is 37.0 Å². The fourth-order valence-corrected chi connectivity index (χ4v) is 15.0. The molecule has 0 aliphatic heterocycles. The molecule has 0 bridgehead atoms. The molecule has 0 fully saturated rings. The van der Waals surface area contributed by atoms with Gasteiger partial charge in [-0.1, -0.05) is 102 Å². The minimum Gasteiger partial charge on any atom is -0.493 e. The van der Waals surface area contributed by atoms with E-state index in [0.717, 1.165) is 65.9 Å². The van der Waals surface area contributed by atoms with E-state index in [-0.39, 0.29) is 22.3 Å². The number of allylic oxidation sites excluding steroid dienone is 2. The fraction of sp³-hybridized carbons (Fsp3) is 0.226. The molecule has 12 aromatic rings. The molecule has 0 saturated heterocycles. The molecule has 14 nitrogen and oxygen atoms in total. The first-order valence-electron chi connectivity index (χ1n) is 33.7. The summed E-state index contributed by atoms with van der Waals surface area (Å²) in [5, 5.41) is 13.5. The highest BCUT2D eigenvalue weighted by Gasteiger charge is 2.30. The van der Waals surface area contributed by atoms with Crippen molar-refractivity contribution in [1.82, 2.24) is 0 Å². The summed E-state index contributed by atoms with van der Waals surface area (Å²) in [6, 6.07) is 52.9. The largest absolute Gasteiger partial charge is 0.493 e. The monoisotopic (exact) mass is 1440 g/mol. The Labute approximate surface area is 615 Å². The van der Waals surface area contributed by atoms with Crippen LogP contribution in [0.2, 0.25) is 15.1 Å². The van der Waals surface area contributed by atoms with Crippen molar-refractivity contribution in [3.8, 4) is 84.9 Å². The highest BCUT2D eigenvalue weighted by Crippen LogP contribution is 2.42. The number of aromatic nitrogens is 5. The van der Waals surface area contributed by atoms with Crippen LogP contribution in [0.25, 0.3) is 77.5 Å². The van der Waals surface area contributed by atoms with Crippen molar-refractivity contribution in [2.24, 2.45) is 35.2 Å². The van der Waals surface area contributed by atoms with Crippen LogP contribution in [0.4, 0.5) is 5.69 Å². The molecule has 7 heterocycles. The van der Waals surface area contributed by atoms with Crippen molar-refractivity contribution in [2.75, 3.05) is 20.3 Å². The number of aryl methyl sites for hydroxylation is 12. The number of carbonyl (C=O) groups is 2. The minimum atomic E-state index is -0.449. The molecule has 14 rings (SSSR count). The summed E-state index contributed by atoms with van der Waals surface area (Å²) < 4.78 is 32.8. The molecule has 18 heteroatoms. The van der Waals surface area contributed by atoms with E-state index in [9.17, 15) is 19.7 Å². The van der Waals surface area contributed by atoms with Crippen LogP contribution >= 0.6 is 46.1 Å². The third-order valence-electron chi connectivity index (χ3n) is 18.0. The van der Waals surface area contributed by atoms with Gasteiger partial charge in [0.2, 0.25) is 34.7 Å². The maximum Gasteiger partial charge on any atom is 0.300 e. The van der Waals surface area contributed by atoms with E-state index in [4.69, 9.17) is 53.4 Å². The van der Waals surface area contributed by atoms with Gasteiger partial charge >= 0.3 is 5.69 Å². The Hall–Kier alpha value is -10.2. The molecule has 0 spiro atoms. The number of furan rings is 1. The summed E-state index contributed by atoms with van der Waals surface area (Å²) in [6.07, 6.45) is 17.3. The van der Waals surface area contributed by atoms with Crippen molar-refractivity contribution in [3.05, 3.63) is 276 Å². The van der Waals surface area contributed by atoms with E-state index in [2.05, 4.69) is 140 Å². The molecule has 0 radical (unpaired) electrons. The lowest BCUT2D eigenvalue weighted by molar-refractivity contribution is -0.660. The number of carbonyl (C=O) groups excluding carboxylic acids is 2. The molecule has 0 unspecified atom stereocenters. The molecule has 2 aliphatic carbocycles. The standard InChI is InChI=1S/C19H18NO3.C19H24NO.C19H18N.C15H12ClN2O2S.C12H12Cl2NO2/c1-4-23-13-7-8-20(3)17(10-13)14-11-16-15(9-12(14)2)18(21)5-6-19(16)22;1-4-21-17-9-10-19(20(3)13-17)18-12-16-8-6-5-7-15(16)11-14(18)2;1-15-14-17(16-8-4-3-5-9-16)11-12-18(15)19-10-6-7-13-20(19)2;1-9-13(10-5-3-4-6-12(10)21-9)15-14(16)11(18(19)20)7-8-17(15)2;1-7-9(5-11(16-3)17-7)12-10(14)4-8(13)6-15(12)2/h5-11H,4H2,1-3H3;9-13H,4-8H2,1-3H3;3-14H,1-2H3;3-8H,1-2H3;4-6H,1-3H3/q5*+1. The summed E-state index contributed by atoms with van der Waals surface area (Å²) in [5.41, 5.74) is 20.5. The molecule has 0 N–H and O–H groups in total. The van der Waals surface area contributed by atoms with Crippen molar-refractivity contribution < 1.29 is 56.0 Å². The number of nitrogens with zero attached hydrogens (tertiary/aromatic N) is 6. The molecule has 5 aromatic carbocycles.